The minimum atomic E-state index is -0.308. The van der Waals surface area contributed by atoms with E-state index in [4.69, 9.17) is 16.1 Å². The number of carbonyl (C=O) groups is 1. The SMILES string of the molecule is Cc1cc(C(=O)Nc2ccc3cc2CCC2C=CC=C(C2)Nc2ncc(Cl)c(n2)N3)no1. The normalized spacial score (nSPS) is 17.1. The lowest BCUT2D eigenvalue weighted by molar-refractivity contribution is 0.101. The first-order chi connectivity index (χ1) is 15.5. The van der Waals surface area contributed by atoms with E-state index in [2.05, 4.69) is 43.2 Å². The Morgan fingerprint density at radius 1 is 1.28 bits per heavy atom. The highest BCUT2D eigenvalue weighted by Crippen LogP contribution is 2.31. The van der Waals surface area contributed by atoms with E-state index in [0.29, 0.717) is 28.5 Å². The number of nitrogens with zero attached hydrogens (tertiary/aromatic N) is 3. The number of hydrogen-bond acceptors (Lipinski definition) is 7. The molecule has 2 aliphatic rings. The molecule has 5 rings (SSSR count). The first-order valence-electron chi connectivity index (χ1n) is 10.3. The van der Waals surface area contributed by atoms with Crippen LogP contribution in [0.15, 0.2) is 58.9 Å². The fourth-order valence-electron chi connectivity index (χ4n) is 3.83. The van der Waals surface area contributed by atoms with Crippen LogP contribution >= 0.6 is 11.6 Å². The Morgan fingerprint density at radius 3 is 3.03 bits per heavy atom. The van der Waals surface area contributed by atoms with Gasteiger partial charge in [-0.25, -0.2) is 4.98 Å². The second-order valence-corrected chi connectivity index (χ2v) is 8.28. The Hall–Kier alpha value is -3.65. The maximum Gasteiger partial charge on any atom is 0.277 e. The number of benzene rings is 1. The third-order valence-electron chi connectivity index (χ3n) is 5.44. The molecular formula is C23H21ClN6O2. The van der Waals surface area contributed by atoms with Gasteiger partial charge in [0.05, 0.1) is 6.20 Å². The first kappa shape index (κ1) is 20.3. The van der Waals surface area contributed by atoms with Crippen LogP contribution in [-0.4, -0.2) is 21.0 Å². The number of carbonyl (C=O) groups excluding carboxylic acids is 1. The van der Waals surface area contributed by atoms with Crippen LogP contribution in [0.5, 0.6) is 0 Å². The topological polar surface area (TPSA) is 105 Å². The van der Waals surface area contributed by atoms with Gasteiger partial charge in [-0.15, -0.1) is 0 Å². The molecule has 8 nitrogen and oxygen atoms in total. The van der Waals surface area contributed by atoms with Gasteiger partial charge in [0, 0.05) is 23.1 Å². The van der Waals surface area contributed by atoms with Crippen LogP contribution < -0.4 is 16.0 Å². The molecule has 162 valence electrons. The fourth-order valence-corrected chi connectivity index (χ4v) is 3.97. The minimum Gasteiger partial charge on any atom is -0.361 e. The number of halogens is 1. The van der Waals surface area contributed by atoms with E-state index in [0.717, 1.165) is 41.9 Å². The van der Waals surface area contributed by atoms with E-state index >= 15 is 0 Å². The summed E-state index contributed by atoms with van der Waals surface area (Å²) in [4.78, 5) is 21.5. The minimum absolute atomic E-state index is 0.248. The molecule has 3 aromatic rings. The van der Waals surface area contributed by atoms with Crippen LogP contribution in [0.3, 0.4) is 0 Å². The van der Waals surface area contributed by atoms with E-state index in [1.807, 2.05) is 24.3 Å². The summed E-state index contributed by atoms with van der Waals surface area (Å²) in [7, 11) is 0. The van der Waals surface area contributed by atoms with Crippen LogP contribution in [0.1, 0.15) is 34.7 Å². The van der Waals surface area contributed by atoms with Crippen LogP contribution in [-0.2, 0) is 6.42 Å². The largest absolute Gasteiger partial charge is 0.361 e. The summed E-state index contributed by atoms with van der Waals surface area (Å²) in [6, 6.07) is 7.37. The quantitative estimate of drug-likeness (QED) is 0.492. The molecule has 0 fully saturated rings. The van der Waals surface area contributed by atoms with Gasteiger partial charge >= 0.3 is 0 Å². The molecule has 6 bridgehead atoms. The average Bonchev–Trinajstić information content (AvgIpc) is 3.22. The van der Waals surface area contributed by atoms with Crippen molar-refractivity contribution in [1.82, 2.24) is 15.1 Å². The summed E-state index contributed by atoms with van der Waals surface area (Å²) in [6.45, 7) is 1.75. The molecule has 0 saturated carbocycles. The van der Waals surface area contributed by atoms with Crippen molar-refractivity contribution in [2.24, 2.45) is 5.92 Å². The lowest BCUT2D eigenvalue weighted by Crippen LogP contribution is -2.14. The molecule has 1 aromatic carbocycles. The molecule has 0 spiro atoms. The van der Waals surface area contributed by atoms with Gasteiger partial charge in [-0.3, -0.25) is 4.79 Å². The van der Waals surface area contributed by atoms with Crippen LogP contribution in [0.25, 0.3) is 0 Å². The zero-order valence-corrected chi connectivity index (χ0v) is 18.1. The van der Waals surface area contributed by atoms with Crippen LogP contribution in [0, 0.1) is 12.8 Å². The Kier molecular flexibility index (Phi) is 5.36. The van der Waals surface area contributed by atoms with Gasteiger partial charge in [-0.2, -0.15) is 4.98 Å². The molecule has 1 amide bonds. The zero-order valence-electron chi connectivity index (χ0n) is 17.4. The van der Waals surface area contributed by atoms with Gasteiger partial charge in [-0.1, -0.05) is 28.9 Å². The molecule has 0 saturated heterocycles. The second kappa shape index (κ2) is 8.47. The van der Waals surface area contributed by atoms with Crippen molar-refractivity contribution >= 4 is 40.6 Å². The van der Waals surface area contributed by atoms with Gasteiger partial charge in [0.2, 0.25) is 5.95 Å². The maximum absolute atomic E-state index is 12.6. The summed E-state index contributed by atoms with van der Waals surface area (Å²) in [5.74, 6) is 1.63. The Labute approximate surface area is 189 Å². The molecule has 32 heavy (non-hydrogen) atoms. The van der Waals surface area contributed by atoms with Crippen LogP contribution in [0.4, 0.5) is 23.1 Å². The standard InChI is InChI=1S/C23H21ClN6O2/c1-13-9-20(30-32-13)22(31)28-19-8-7-17-11-15(19)6-5-14-3-2-4-16(10-14)27-23-25-12-18(24)21(26-17)29-23/h2-4,7-9,11-12,14H,5-6,10H2,1H3,(H,28,31)(H2,25,26,27,29). The van der Waals surface area contributed by atoms with Gasteiger partial charge in [0.15, 0.2) is 11.5 Å². The summed E-state index contributed by atoms with van der Waals surface area (Å²) < 4.78 is 5.03. The zero-order chi connectivity index (χ0) is 22.1. The number of aryl methyl sites for hydroxylation is 2. The van der Waals surface area contributed by atoms with Crippen molar-refractivity contribution in [2.75, 3.05) is 16.0 Å². The van der Waals surface area contributed by atoms with Crippen molar-refractivity contribution in [3.8, 4) is 0 Å². The Morgan fingerprint density at radius 2 is 2.19 bits per heavy atom. The van der Waals surface area contributed by atoms with Crippen molar-refractivity contribution in [3.63, 3.8) is 0 Å². The summed E-state index contributed by atoms with van der Waals surface area (Å²) in [6.07, 6.45) is 10.4. The van der Waals surface area contributed by atoms with E-state index < -0.39 is 0 Å². The van der Waals surface area contributed by atoms with E-state index in [1.54, 1.807) is 19.2 Å². The summed E-state index contributed by atoms with van der Waals surface area (Å²) in [5, 5.41) is 13.8. The predicted octanol–water partition coefficient (Wildman–Crippen LogP) is 5.24. The van der Waals surface area contributed by atoms with Crippen molar-refractivity contribution in [2.45, 2.75) is 26.2 Å². The summed E-state index contributed by atoms with van der Waals surface area (Å²) >= 11 is 6.33. The molecule has 1 unspecified atom stereocenters. The molecule has 3 heterocycles. The lowest BCUT2D eigenvalue weighted by atomic mass is 9.91. The molecular weight excluding hydrogens is 428 g/mol. The molecule has 9 heteroatoms. The maximum atomic E-state index is 12.6. The molecule has 1 aliphatic carbocycles. The monoisotopic (exact) mass is 448 g/mol. The highest BCUT2D eigenvalue weighted by Gasteiger charge is 2.18. The highest BCUT2D eigenvalue weighted by atomic mass is 35.5. The van der Waals surface area contributed by atoms with Gasteiger partial charge in [0.25, 0.3) is 5.91 Å². The number of rotatable bonds is 2. The molecule has 2 aromatic heterocycles. The second-order valence-electron chi connectivity index (χ2n) is 7.87. The van der Waals surface area contributed by atoms with Crippen molar-refractivity contribution in [1.29, 1.82) is 0 Å². The lowest BCUT2D eigenvalue weighted by Gasteiger charge is -2.19. The summed E-state index contributed by atoms with van der Waals surface area (Å²) in [5.41, 5.74) is 3.85. The average molecular weight is 449 g/mol. The van der Waals surface area contributed by atoms with E-state index in [-0.39, 0.29) is 11.6 Å². The molecule has 3 N–H and O–H groups in total. The molecule has 1 atom stereocenters. The van der Waals surface area contributed by atoms with Crippen molar-refractivity contribution < 1.29 is 9.32 Å². The number of fused-ring (bicyclic) bond motifs is 6. The third kappa shape index (κ3) is 4.36. The Bertz CT molecular complexity index is 1250. The third-order valence-corrected chi connectivity index (χ3v) is 5.72. The van der Waals surface area contributed by atoms with Gasteiger partial charge < -0.3 is 20.5 Å². The molecule has 0 radical (unpaired) electrons. The van der Waals surface area contributed by atoms with Gasteiger partial charge in [0.1, 0.15) is 10.8 Å². The van der Waals surface area contributed by atoms with E-state index in [9.17, 15) is 4.79 Å². The Balaban J connectivity index is 1.49. The number of hydrogen-bond donors (Lipinski definition) is 3. The number of amides is 1. The van der Waals surface area contributed by atoms with Crippen molar-refractivity contribution in [3.05, 3.63) is 76.4 Å². The molecule has 1 aliphatic heterocycles. The number of nitrogens with one attached hydrogen (secondary N) is 3. The fraction of sp³-hybridized carbons (Fsp3) is 0.217. The highest BCUT2D eigenvalue weighted by molar-refractivity contribution is 6.32. The smallest absolute Gasteiger partial charge is 0.277 e. The van der Waals surface area contributed by atoms with Gasteiger partial charge in [-0.05, 0) is 61.9 Å². The van der Waals surface area contributed by atoms with E-state index in [1.165, 1.54) is 0 Å². The first-order valence-corrected chi connectivity index (χ1v) is 10.7. The predicted molar refractivity (Wildman–Crippen MR) is 123 cm³/mol. The number of allylic oxidation sites excluding steroid dienone is 4. The number of anilines is 4. The van der Waals surface area contributed by atoms with Crippen LogP contribution in [0.2, 0.25) is 5.02 Å². The number of aromatic nitrogens is 3.